The highest BCUT2D eigenvalue weighted by Crippen LogP contribution is 2.30. The third-order valence-corrected chi connectivity index (χ3v) is 4.27. The Kier molecular flexibility index (Phi) is 3.95. The van der Waals surface area contributed by atoms with Gasteiger partial charge >= 0.3 is 0 Å². The number of hydrogen-bond acceptors (Lipinski definition) is 4. The van der Waals surface area contributed by atoms with Crippen molar-refractivity contribution in [3.63, 3.8) is 0 Å². The van der Waals surface area contributed by atoms with Gasteiger partial charge in [0.05, 0.1) is 11.4 Å². The van der Waals surface area contributed by atoms with Crippen LogP contribution in [-0.2, 0) is 0 Å². The molecule has 2 aromatic rings. The van der Waals surface area contributed by atoms with Crippen LogP contribution in [-0.4, -0.2) is 26.2 Å². The van der Waals surface area contributed by atoms with Gasteiger partial charge < -0.3 is 5.32 Å². The van der Waals surface area contributed by atoms with Gasteiger partial charge in [-0.05, 0) is 41.3 Å². The molecule has 1 aliphatic rings. The first-order valence-corrected chi connectivity index (χ1v) is 7.47. The number of nitrogens with one attached hydrogen (secondary N) is 1. The smallest absolute Gasteiger partial charge is 0.143 e. The first kappa shape index (κ1) is 13.1. The zero-order chi connectivity index (χ0) is 13.8. The average Bonchev–Trinajstić information content (AvgIpc) is 3.02. The molecule has 1 aliphatic carbocycles. The van der Waals surface area contributed by atoms with Gasteiger partial charge in [-0.15, -0.1) is 5.10 Å². The maximum Gasteiger partial charge on any atom is 0.143 e. The van der Waals surface area contributed by atoms with E-state index < -0.39 is 0 Å². The Balaban J connectivity index is 1.83. The summed E-state index contributed by atoms with van der Waals surface area (Å²) in [5.74, 6) is 0.769. The van der Waals surface area contributed by atoms with Crippen LogP contribution in [0.15, 0.2) is 30.6 Å². The molecule has 0 amide bonds. The molecule has 2 atom stereocenters. The Morgan fingerprint density at radius 3 is 2.90 bits per heavy atom. The van der Waals surface area contributed by atoms with Crippen molar-refractivity contribution in [1.29, 1.82) is 0 Å². The van der Waals surface area contributed by atoms with Crippen molar-refractivity contribution >= 4 is 5.69 Å². The van der Waals surface area contributed by atoms with E-state index in [1.165, 1.54) is 32.1 Å². The van der Waals surface area contributed by atoms with E-state index in [9.17, 15) is 0 Å². The number of para-hydroxylation sites is 2. The van der Waals surface area contributed by atoms with Crippen molar-refractivity contribution in [2.24, 2.45) is 5.92 Å². The van der Waals surface area contributed by atoms with Gasteiger partial charge in [0.2, 0.25) is 0 Å². The van der Waals surface area contributed by atoms with Crippen LogP contribution in [0.2, 0.25) is 0 Å². The van der Waals surface area contributed by atoms with E-state index in [4.69, 9.17) is 0 Å². The molecule has 5 nitrogen and oxygen atoms in total. The number of hydrogen-bond donors (Lipinski definition) is 1. The molecule has 0 aliphatic heterocycles. The summed E-state index contributed by atoms with van der Waals surface area (Å²) >= 11 is 0. The van der Waals surface area contributed by atoms with Crippen LogP contribution in [0.5, 0.6) is 0 Å². The van der Waals surface area contributed by atoms with E-state index in [-0.39, 0.29) is 0 Å². The standard InChI is InChI=1S/C15H21N5/c1-2-12-7-3-4-8-13(12)17-14-9-5-6-10-15(14)20-11-16-18-19-20/h5-6,9-13,17H,2-4,7-8H2,1H3. The fourth-order valence-electron chi connectivity index (χ4n) is 3.15. The zero-order valence-corrected chi connectivity index (χ0v) is 11.9. The summed E-state index contributed by atoms with van der Waals surface area (Å²) < 4.78 is 1.71. The van der Waals surface area contributed by atoms with Crippen molar-refractivity contribution in [2.45, 2.75) is 45.1 Å². The van der Waals surface area contributed by atoms with Gasteiger partial charge in [0.1, 0.15) is 6.33 Å². The van der Waals surface area contributed by atoms with Crippen molar-refractivity contribution in [3.05, 3.63) is 30.6 Å². The number of anilines is 1. The number of nitrogens with zero attached hydrogens (tertiary/aromatic N) is 4. The van der Waals surface area contributed by atoms with E-state index in [0.29, 0.717) is 6.04 Å². The summed E-state index contributed by atoms with van der Waals surface area (Å²) in [6.45, 7) is 2.29. The fourth-order valence-corrected chi connectivity index (χ4v) is 3.15. The molecule has 1 saturated carbocycles. The Labute approximate surface area is 119 Å². The molecule has 1 heterocycles. The lowest BCUT2D eigenvalue weighted by molar-refractivity contribution is 0.317. The van der Waals surface area contributed by atoms with E-state index in [2.05, 4.69) is 39.9 Å². The molecule has 20 heavy (non-hydrogen) atoms. The van der Waals surface area contributed by atoms with Crippen molar-refractivity contribution in [2.75, 3.05) is 5.32 Å². The molecule has 2 unspecified atom stereocenters. The topological polar surface area (TPSA) is 55.6 Å². The molecule has 1 N–H and O–H groups in total. The molecule has 1 aromatic heterocycles. The van der Waals surface area contributed by atoms with E-state index in [1.54, 1.807) is 11.0 Å². The van der Waals surface area contributed by atoms with Crippen LogP contribution < -0.4 is 5.32 Å². The van der Waals surface area contributed by atoms with Gasteiger partial charge in [0.25, 0.3) is 0 Å². The largest absolute Gasteiger partial charge is 0.380 e. The molecular weight excluding hydrogens is 250 g/mol. The number of aromatic nitrogens is 4. The monoisotopic (exact) mass is 271 g/mol. The van der Waals surface area contributed by atoms with Crippen LogP contribution in [0, 0.1) is 5.92 Å². The molecule has 106 valence electrons. The first-order valence-electron chi connectivity index (χ1n) is 7.47. The lowest BCUT2D eigenvalue weighted by atomic mass is 9.83. The maximum atomic E-state index is 3.99. The summed E-state index contributed by atoms with van der Waals surface area (Å²) in [6, 6.07) is 8.78. The predicted octanol–water partition coefficient (Wildman–Crippen LogP) is 3.04. The minimum absolute atomic E-state index is 0.561. The molecule has 5 heteroatoms. The highest BCUT2D eigenvalue weighted by atomic mass is 15.5. The second kappa shape index (κ2) is 6.03. The summed E-state index contributed by atoms with van der Waals surface area (Å²) in [7, 11) is 0. The van der Waals surface area contributed by atoms with E-state index in [0.717, 1.165) is 17.3 Å². The molecule has 1 fully saturated rings. The highest BCUT2D eigenvalue weighted by Gasteiger charge is 2.24. The normalized spacial score (nSPS) is 22.6. The quantitative estimate of drug-likeness (QED) is 0.928. The Bertz CT molecular complexity index is 537. The minimum Gasteiger partial charge on any atom is -0.380 e. The Morgan fingerprint density at radius 2 is 2.10 bits per heavy atom. The van der Waals surface area contributed by atoms with Gasteiger partial charge in [0, 0.05) is 6.04 Å². The third kappa shape index (κ3) is 2.66. The van der Waals surface area contributed by atoms with Gasteiger partial charge in [-0.2, -0.15) is 4.68 Å². The summed E-state index contributed by atoms with van der Waals surface area (Å²) in [6.07, 6.45) is 8.15. The highest BCUT2D eigenvalue weighted by molar-refractivity contribution is 5.60. The molecule has 1 aromatic carbocycles. The van der Waals surface area contributed by atoms with Crippen LogP contribution >= 0.6 is 0 Å². The van der Waals surface area contributed by atoms with Crippen molar-refractivity contribution < 1.29 is 0 Å². The number of tetrazole rings is 1. The van der Waals surface area contributed by atoms with Gasteiger partial charge in [-0.25, -0.2) is 0 Å². The van der Waals surface area contributed by atoms with Crippen molar-refractivity contribution in [1.82, 2.24) is 20.2 Å². The van der Waals surface area contributed by atoms with Crippen LogP contribution in [0.3, 0.4) is 0 Å². The maximum absolute atomic E-state index is 3.99. The lowest BCUT2D eigenvalue weighted by Gasteiger charge is -2.32. The Morgan fingerprint density at radius 1 is 1.25 bits per heavy atom. The molecule has 0 bridgehead atoms. The van der Waals surface area contributed by atoms with E-state index >= 15 is 0 Å². The molecule has 3 rings (SSSR count). The van der Waals surface area contributed by atoms with Gasteiger partial charge in [-0.1, -0.05) is 38.3 Å². The SMILES string of the molecule is CCC1CCCCC1Nc1ccccc1-n1cnnn1. The predicted molar refractivity (Wildman–Crippen MR) is 78.8 cm³/mol. The molecule has 0 saturated heterocycles. The third-order valence-electron chi connectivity index (χ3n) is 4.27. The second-order valence-electron chi connectivity index (χ2n) is 5.48. The second-order valence-corrected chi connectivity index (χ2v) is 5.48. The summed E-state index contributed by atoms with van der Waals surface area (Å²) in [5.41, 5.74) is 2.13. The fraction of sp³-hybridized carbons (Fsp3) is 0.533. The molecule has 0 spiro atoms. The number of rotatable bonds is 4. The molecular formula is C15H21N5. The first-order chi connectivity index (χ1) is 9.88. The molecule has 0 radical (unpaired) electrons. The van der Waals surface area contributed by atoms with Gasteiger partial charge in [-0.3, -0.25) is 0 Å². The zero-order valence-electron chi connectivity index (χ0n) is 11.9. The minimum atomic E-state index is 0.561. The van der Waals surface area contributed by atoms with Gasteiger partial charge in [0.15, 0.2) is 0 Å². The van der Waals surface area contributed by atoms with Crippen LogP contribution in [0.1, 0.15) is 39.0 Å². The lowest BCUT2D eigenvalue weighted by Crippen LogP contribution is -2.32. The van der Waals surface area contributed by atoms with Crippen molar-refractivity contribution in [3.8, 4) is 5.69 Å². The average molecular weight is 271 g/mol. The Hall–Kier alpha value is -1.91. The summed E-state index contributed by atoms with van der Waals surface area (Å²) in [4.78, 5) is 0. The van der Waals surface area contributed by atoms with E-state index in [1.807, 2.05) is 12.1 Å². The van der Waals surface area contributed by atoms with Crippen LogP contribution in [0.25, 0.3) is 5.69 Å². The van der Waals surface area contributed by atoms with Crippen LogP contribution in [0.4, 0.5) is 5.69 Å². The summed E-state index contributed by atoms with van der Waals surface area (Å²) in [5, 5.41) is 15.2. The number of benzene rings is 1.